The molecule has 2 nitrogen and oxygen atoms in total. The number of aromatic amines is 1. The second-order valence-electron chi connectivity index (χ2n) is 3.56. The summed E-state index contributed by atoms with van der Waals surface area (Å²) in [4.78, 5) is 14.1. The number of rotatable bonds is 3. The van der Waals surface area contributed by atoms with Crippen molar-refractivity contribution in [3.63, 3.8) is 0 Å². The zero-order chi connectivity index (χ0) is 9.97. The molecule has 0 saturated heterocycles. The molecule has 0 amide bonds. The normalized spacial score (nSPS) is 10.6. The summed E-state index contributed by atoms with van der Waals surface area (Å²) in [6.07, 6.45) is 3.38. The zero-order valence-corrected chi connectivity index (χ0v) is 8.21. The van der Waals surface area contributed by atoms with Crippen molar-refractivity contribution in [2.24, 2.45) is 0 Å². The number of fused-ring (bicyclic) bond motifs is 1. The maximum atomic E-state index is 10.9. The molecule has 1 aromatic heterocycles. The van der Waals surface area contributed by atoms with Crippen molar-refractivity contribution in [1.82, 2.24) is 4.98 Å². The van der Waals surface area contributed by atoms with Gasteiger partial charge in [0.05, 0.1) is 0 Å². The van der Waals surface area contributed by atoms with Crippen LogP contribution in [0.4, 0.5) is 0 Å². The van der Waals surface area contributed by atoms with Gasteiger partial charge in [-0.2, -0.15) is 0 Å². The molecule has 0 saturated carbocycles. The number of aryl methyl sites for hydroxylation is 1. The summed E-state index contributed by atoms with van der Waals surface area (Å²) in [7, 11) is 0. The number of aromatic nitrogens is 1. The van der Waals surface area contributed by atoms with E-state index in [4.69, 9.17) is 0 Å². The third-order valence-electron chi connectivity index (χ3n) is 2.42. The average molecular weight is 187 g/mol. The number of benzene rings is 1. The van der Waals surface area contributed by atoms with E-state index < -0.39 is 0 Å². The third kappa shape index (κ3) is 1.69. The van der Waals surface area contributed by atoms with Gasteiger partial charge in [-0.05, 0) is 30.4 Å². The fourth-order valence-electron chi connectivity index (χ4n) is 1.67. The van der Waals surface area contributed by atoms with E-state index in [-0.39, 0.29) is 5.78 Å². The van der Waals surface area contributed by atoms with Crippen molar-refractivity contribution < 1.29 is 4.79 Å². The number of carbonyl (C=O) groups excluding carboxylic acids is 1. The Kier molecular flexibility index (Phi) is 2.35. The minimum Gasteiger partial charge on any atom is -0.361 e. The molecule has 0 aliphatic carbocycles. The van der Waals surface area contributed by atoms with Crippen molar-refractivity contribution in [2.75, 3.05) is 0 Å². The summed E-state index contributed by atoms with van der Waals surface area (Å²) in [6, 6.07) is 8.23. The molecular weight excluding hydrogens is 174 g/mol. The summed E-state index contributed by atoms with van der Waals surface area (Å²) in [5.74, 6) is 0.244. The van der Waals surface area contributed by atoms with E-state index in [2.05, 4.69) is 17.1 Å². The van der Waals surface area contributed by atoms with Crippen LogP contribution in [-0.2, 0) is 11.2 Å². The molecule has 0 aliphatic rings. The Morgan fingerprint density at radius 3 is 3.00 bits per heavy atom. The quantitative estimate of drug-likeness (QED) is 0.787. The predicted molar refractivity (Wildman–Crippen MR) is 57.3 cm³/mol. The first kappa shape index (κ1) is 9.00. The number of hydrogen-bond acceptors (Lipinski definition) is 1. The van der Waals surface area contributed by atoms with Crippen molar-refractivity contribution in [3.05, 3.63) is 36.0 Å². The lowest BCUT2D eigenvalue weighted by Crippen LogP contribution is -1.94. The fourth-order valence-corrected chi connectivity index (χ4v) is 1.67. The van der Waals surface area contributed by atoms with Crippen molar-refractivity contribution >= 4 is 16.7 Å². The van der Waals surface area contributed by atoms with E-state index in [1.54, 1.807) is 6.92 Å². The molecule has 0 aliphatic heterocycles. The number of hydrogen-bond donors (Lipinski definition) is 1. The van der Waals surface area contributed by atoms with Crippen LogP contribution < -0.4 is 0 Å². The van der Waals surface area contributed by atoms with E-state index >= 15 is 0 Å². The highest BCUT2D eigenvalue weighted by molar-refractivity contribution is 5.83. The van der Waals surface area contributed by atoms with Gasteiger partial charge in [-0.25, -0.2) is 0 Å². The summed E-state index contributed by atoms with van der Waals surface area (Å²) in [5, 5.41) is 1.21. The topological polar surface area (TPSA) is 32.9 Å². The Morgan fingerprint density at radius 2 is 2.21 bits per heavy atom. The molecule has 72 valence electrons. The van der Waals surface area contributed by atoms with Gasteiger partial charge < -0.3 is 9.78 Å². The van der Waals surface area contributed by atoms with E-state index in [1.807, 2.05) is 18.3 Å². The smallest absolute Gasteiger partial charge is 0.130 e. The van der Waals surface area contributed by atoms with Crippen LogP contribution in [0.2, 0.25) is 0 Å². The van der Waals surface area contributed by atoms with Gasteiger partial charge in [0, 0.05) is 18.1 Å². The molecule has 2 rings (SSSR count). The molecule has 0 atom stereocenters. The average Bonchev–Trinajstić information content (AvgIpc) is 2.62. The lowest BCUT2D eigenvalue weighted by Gasteiger charge is -2.00. The number of Topliss-reactive ketones (excluding diaryl/α,β-unsaturated/α-hetero) is 1. The maximum Gasteiger partial charge on any atom is 0.130 e. The second-order valence-corrected chi connectivity index (χ2v) is 3.56. The Labute approximate surface area is 82.9 Å². The van der Waals surface area contributed by atoms with E-state index in [0.717, 1.165) is 11.9 Å². The molecular formula is C12H13NO. The zero-order valence-electron chi connectivity index (χ0n) is 8.21. The second kappa shape index (κ2) is 3.66. The minimum atomic E-state index is 0.244. The van der Waals surface area contributed by atoms with Gasteiger partial charge in [-0.3, -0.25) is 0 Å². The minimum absolute atomic E-state index is 0.244. The summed E-state index contributed by atoms with van der Waals surface area (Å²) in [6.45, 7) is 1.63. The molecule has 1 aromatic carbocycles. The van der Waals surface area contributed by atoms with Crippen molar-refractivity contribution in [2.45, 2.75) is 19.8 Å². The van der Waals surface area contributed by atoms with Crippen molar-refractivity contribution in [3.8, 4) is 0 Å². The summed E-state index contributed by atoms with van der Waals surface area (Å²) >= 11 is 0. The maximum absolute atomic E-state index is 10.9. The molecule has 1 N–H and O–H groups in total. The molecule has 1 heterocycles. The Morgan fingerprint density at radius 1 is 1.36 bits per heavy atom. The van der Waals surface area contributed by atoms with Gasteiger partial charge in [0.25, 0.3) is 0 Å². The molecule has 14 heavy (non-hydrogen) atoms. The highest BCUT2D eigenvalue weighted by atomic mass is 16.1. The molecule has 0 radical (unpaired) electrons. The van der Waals surface area contributed by atoms with E-state index in [9.17, 15) is 4.79 Å². The summed E-state index contributed by atoms with van der Waals surface area (Å²) < 4.78 is 0. The largest absolute Gasteiger partial charge is 0.361 e. The van der Waals surface area contributed by atoms with Crippen LogP contribution in [0.5, 0.6) is 0 Å². The molecule has 0 fully saturated rings. The van der Waals surface area contributed by atoms with Crippen LogP contribution >= 0.6 is 0 Å². The predicted octanol–water partition coefficient (Wildman–Crippen LogP) is 2.69. The number of carbonyl (C=O) groups is 1. The third-order valence-corrected chi connectivity index (χ3v) is 2.42. The molecule has 0 bridgehead atoms. The van der Waals surface area contributed by atoms with Gasteiger partial charge in [0.1, 0.15) is 5.78 Å². The van der Waals surface area contributed by atoms with E-state index in [1.165, 1.54) is 10.9 Å². The highest BCUT2D eigenvalue weighted by Gasteiger charge is 2.02. The standard InChI is InChI=1S/C12H13NO/c1-9(14)5-6-10-3-2-4-11-7-8-13-12(10)11/h2-4,7-8,13H,5-6H2,1H3. The van der Waals surface area contributed by atoms with Crippen LogP contribution in [0.25, 0.3) is 10.9 Å². The monoisotopic (exact) mass is 187 g/mol. The van der Waals surface area contributed by atoms with E-state index in [0.29, 0.717) is 6.42 Å². The molecule has 2 aromatic rings. The van der Waals surface area contributed by atoms with Crippen LogP contribution in [0.1, 0.15) is 18.9 Å². The Hall–Kier alpha value is -1.57. The van der Waals surface area contributed by atoms with Crippen LogP contribution in [0.15, 0.2) is 30.5 Å². The first-order valence-corrected chi connectivity index (χ1v) is 4.82. The van der Waals surface area contributed by atoms with Gasteiger partial charge in [-0.1, -0.05) is 18.2 Å². The van der Waals surface area contributed by atoms with Crippen LogP contribution in [-0.4, -0.2) is 10.8 Å². The van der Waals surface area contributed by atoms with Gasteiger partial charge in [-0.15, -0.1) is 0 Å². The Balaban J connectivity index is 2.32. The fraction of sp³-hybridized carbons (Fsp3) is 0.250. The first-order valence-electron chi connectivity index (χ1n) is 4.82. The molecule has 0 spiro atoms. The Bertz CT molecular complexity index is 456. The number of nitrogens with one attached hydrogen (secondary N) is 1. The number of para-hydroxylation sites is 1. The van der Waals surface area contributed by atoms with Gasteiger partial charge in [0.2, 0.25) is 0 Å². The van der Waals surface area contributed by atoms with Crippen LogP contribution in [0.3, 0.4) is 0 Å². The SMILES string of the molecule is CC(=O)CCc1cccc2cc[nH]c12. The lowest BCUT2D eigenvalue weighted by atomic mass is 10.1. The van der Waals surface area contributed by atoms with Crippen LogP contribution in [0, 0.1) is 0 Å². The first-order chi connectivity index (χ1) is 6.77. The van der Waals surface area contributed by atoms with Crippen molar-refractivity contribution in [1.29, 1.82) is 0 Å². The summed E-state index contributed by atoms with van der Waals surface area (Å²) in [5.41, 5.74) is 2.39. The molecule has 0 unspecified atom stereocenters. The van der Waals surface area contributed by atoms with Gasteiger partial charge in [0.15, 0.2) is 0 Å². The van der Waals surface area contributed by atoms with Gasteiger partial charge >= 0.3 is 0 Å². The molecule has 2 heteroatoms. The highest BCUT2D eigenvalue weighted by Crippen LogP contribution is 2.18. The lowest BCUT2D eigenvalue weighted by molar-refractivity contribution is -0.116. The number of H-pyrrole nitrogens is 1. The number of ketones is 1.